The zero-order chi connectivity index (χ0) is 14.1. The maximum Gasteiger partial charge on any atom is 0.151 e. The topological polar surface area (TPSA) is 74.6 Å². The second-order valence-electron chi connectivity index (χ2n) is 3.84. The van der Waals surface area contributed by atoms with Crippen molar-refractivity contribution in [2.24, 2.45) is 8.73 Å². The molecule has 1 aromatic heterocycles. The first kappa shape index (κ1) is 13.3. The molecule has 6 nitrogen and oxygen atoms in total. The molecule has 1 aliphatic rings. The van der Waals surface area contributed by atoms with Gasteiger partial charge >= 0.3 is 0 Å². The van der Waals surface area contributed by atoms with Crippen LogP contribution in [-0.4, -0.2) is 17.0 Å². The summed E-state index contributed by atoms with van der Waals surface area (Å²) in [6, 6.07) is 1.63. The smallest absolute Gasteiger partial charge is 0.151 e. The highest BCUT2D eigenvalue weighted by molar-refractivity contribution is 7.58. The summed E-state index contributed by atoms with van der Waals surface area (Å²) >= 11 is 13.4. The predicted molar refractivity (Wildman–Crippen MR) is 82.9 cm³/mol. The van der Waals surface area contributed by atoms with Gasteiger partial charge in [0.2, 0.25) is 0 Å². The summed E-state index contributed by atoms with van der Waals surface area (Å²) in [5.41, 5.74) is 1.84. The van der Waals surface area contributed by atoms with E-state index in [1.807, 2.05) is 0 Å². The van der Waals surface area contributed by atoms with Gasteiger partial charge in [-0.15, -0.1) is 0 Å². The number of rotatable bonds is 3. The van der Waals surface area contributed by atoms with E-state index in [0.717, 1.165) is 11.4 Å². The second kappa shape index (κ2) is 5.35. The van der Waals surface area contributed by atoms with Crippen LogP contribution in [0.25, 0.3) is 0 Å². The molecule has 2 aromatic rings. The van der Waals surface area contributed by atoms with Gasteiger partial charge in [0.15, 0.2) is 5.82 Å². The Balaban J connectivity index is 2.03. The molecule has 1 aliphatic heterocycles. The van der Waals surface area contributed by atoms with E-state index in [1.165, 1.54) is 0 Å². The first-order valence-electron chi connectivity index (χ1n) is 5.56. The van der Waals surface area contributed by atoms with E-state index < -0.39 is 0 Å². The highest BCUT2D eigenvalue weighted by Gasteiger charge is 2.19. The Morgan fingerprint density at radius 3 is 2.60 bits per heavy atom. The van der Waals surface area contributed by atoms with Gasteiger partial charge in [0.25, 0.3) is 0 Å². The number of benzene rings is 1. The predicted octanol–water partition coefficient (Wildman–Crippen LogP) is 4.30. The van der Waals surface area contributed by atoms with Gasteiger partial charge < -0.3 is 10.6 Å². The van der Waals surface area contributed by atoms with Crippen molar-refractivity contribution < 1.29 is 0 Å². The highest BCUT2D eigenvalue weighted by atomic mass is 35.5. The summed E-state index contributed by atoms with van der Waals surface area (Å²) in [6.07, 6.45) is 3.21. The van der Waals surface area contributed by atoms with Gasteiger partial charge in [0.1, 0.15) is 17.2 Å². The third-order valence-corrected chi connectivity index (χ3v) is 3.70. The van der Waals surface area contributed by atoms with Crippen molar-refractivity contribution in [3.63, 3.8) is 0 Å². The molecule has 1 aromatic carbocycles. The van der Waals surface area contributed by atoms with E-state index in [1.54, 1.807) is 25.5 Å². The lowest BCUT2D eigenvalue weighted by molar-refractivity contribution is 1.18. The van der Waals surface area contributed by atoms with Gasteiger partial charge in [-0.2, -0.15) is 8.73 Å². The molecule has 9 heteroatoms. The average molecular weight is 327 g/mol. The average Bonchev–Trinajstić information content (AvgIpc) is 2.93. The van der Waals surface area contributed by atoms with E-state index in [0.29, 0.717) is 38.7 Å². The highest BCUT2D eigenvalue weighted by Crippen LogP contribution is 2.48. The maximum atomic E-state index is 6.22. The Hall–Kier alpha value is -1.70. The van der Waals surface area contributed by atoms with E-state index in [2.05, 4.69) is 29.3 Å². The fourth-order valence-electron chi connectivity index (χ4n) is 1.67. The monoisotopic (exact) mass is 326 g/mol. The zero-order valence-corrected chi connectivity index (χ0v) is 12.5. The molecule has 20 heavy (non-hydrogen) atoms. The van der Waals surface area contributed by atoms with Crippen molar-refractivity contribution in [1.82, 2.24) is 9.97 Å². The van der Waals surface area contributed by atoms with Gasteiger partial charge in [-0.3, -0.25) is 4.98 Å². The summed E-state index contributed by atoms with van der Waals surface area (Å²) < 4.78 is 8.36. The van der Waals surface area contributed by atoms with Crippen LogP contribution in [0.4, 0.5) is 28.7 Å². The van der Waals surface area contributed by atoms with Crippen LogP contribution in [0, 0.1) is 0 Å². The Kier molecular flexibility index (Phi) is 3.56. The summed E-state index contributed by atoms with van der Waals surface area (Å²) in [5, 5.41) is 6.94. The quantitative estimate of drug-likeness (QED) is 0.752. The molecule has 0 aliphatic carbocycles. The lowest BCUT2D eigenvalue weighted by atomic mass is 10.2. The fraction of sp³-hybridized carbons (Fsp3) is 0.0909. The van der Waals surface area contributed by atoms with E-state index in [4.69, 9.17) is 23.2 Å². The Labute approximate surface area is 128 Å². The minimum absolute atomic E-state index is 0.451. The fourth-order valence-corrected chi connectivity index (χ4v) is 2.83. The van der Waals surface area contributed by atoms with Crippen molar-refractivity contribution >= 4 is 63.3 Å². The van der Waals surface area contributed by atoms with E-state index in [9.17, 15) is 0 Å². The number of nitrogens with one attached hydrogen (secondary N) is 2. The van der Waals surface area contributed by atoms with Crippen LogP contribution in [-0.2, 0) is 11.4 Å². The summed E-state index contributed by atoms with van der Waals surface area (Å²) in [5.74, 6) is 1.20. The number of nitrogens with zero attached hydrogens (tertiary/aromatic N) is 4. The van der Waals surface area contributed by atoms with Crippen LogP contribution in [0.5, 0.6) is 0 Å². The minimum atomic E-state index is 0.451. The molecule has 102 valence electrons. The van der Waals surface area contributed by atoms with Crippen molar-refractivity contribution in [3.8, 4) is 0 Å². The van der Waals surface area contributed by atoms with E-state index in [-0.39, 0.29) is 0 Å². The van der Waals surface area contributed by atoms with Crippen LogP contribution in [0.15, 0.2) is 27.2 Å². The Morgan fingerprint density at radius 1 is 1.05 bits per heavy atom. The standard InChI is InChI=1S/C11H8Cl2N6S/c1-14-7-3-15-4-8(16-7)17-9-5(12)2-6(13)10-11(9)19-20-18-10/h2-4H,1H3,(H2,14,16,17). The lowest BCUT2D eigenvalue weighted by Gasteiger charge is -2.11. The normalized spacial score (nSPS) is 11.9. The molecular weight excluding hydrogens is 319 g/mol. The van der Waals surface area contributed by atoms with Gasteiger partial charge in [-0.25, -0.2) is 4.98 Å². The SMILES string of the molecule is CNc1cncc(Nc2c(Cl)cc(Cl)c3c2N=S=N3)n1. The molecule has 2 heterocycles. The number of hydrogen-bond donors (Lipinski definition) is 2. The minimum Gasteiger partial charge on any atom is -0.372 e. The molecule has 0 amide bonds. The summed E-state index contributed by atoms with van der Waals surface area (Å²) in [7, 11) is 1.77. The van der Waals surface area contributed by atoms with Gasteiger partial charge in [-0.1, -0.05) is 23.2 Å². The number of aromatic nitrogens is 2. The molecule has 0 unspecified atom stereocenters. The van der Waals surface area contributed by atoms with Crippen LogP contribution in [0.2, 0.25) is 10.0 Å². The third-order valence-electron chi connectivity index (χ3n) is 2.59. The molecule has 0 saturated carbocycles. The van der Waals surface area contributed by atoms with Crippen LogP contribution in [0.3, 0.4) is 0 Å². The number of halogens is 2. The molecule has 2 N–H and O–H groups in total. The Bertz CT molecular complexity index is 757. The van der Waals surface area contributed by atoms with Crippen molar-refractivity contribution in [1.29, 1.82) is 0 Å². The van der Waals surface area contributed by atoms with Crippen molar-refractivity contribution in [2.75, 3.05) is 17.7 Å². The first-order valence-corrected chi connectivity index (χ1v) is 7.04. The summed E-state index contributed by atoms with van der Waals surface area (Å²) in [4.78, 5) is 8.40. The molecule has 0 spiro atoms. The molecule has 3 rings (SSSR count). The molecule has 0 atom stereocenters. The first-order chi connectivity index (χ1) is 9.69. The van der Waals surface area contributed by atoms with E-state index >= 15 is 0 Å². The Morgan fingerprint density at radius 2 is 1.80 bits per heavy atom. The third kappa shape index (κ3) is 2.35. The lowest BCUT2D eigenvalue weighted by Crippen LogP contribution is -1.99. The number of anilines is 3. The molecule has 0 fully saturated rings. The summed E-state index contributed by atoms with van der Waals surface area (Å²) in [6.45, 7) is 0. The molecule has 0 bridgehead atoms. The van der Waals surface area contributed by atoms with Gasteiger partial charge in [0, 0.05) is 7.05 Å². The van der Waals surface area contributed by atoms with Crippen LogP contribution >= 0.6 is 23.2 Å². The van der Waals surface area contributed by atoms with Gasteiger partial charge in [-0.05, 0) is 6.07 Å². The molecular formula is C11H8Cl2N6S. The molecule has 0 radical (unpaired) electrons. The maximum absolute atomic E-state index is 6.22. The van der Waals surface area contributed by atoms with Crippen LogP contribution < -0.4 is 10.6 Å². The van der Waals surface area contributed by atoms with Crippen molar-refractivity contribution in [2.45, 2.75) is 0 Å². The molecule has 0 saturated heterocycles. The van der Waals surface area contributed by atoms with Crippen molar-refractivity contribution in [3.05, 3.63) is 28.5 Å². The number of hydrogen-bond acceptors (Lipinski definition) is 6. The number of fused-ring (bicyclic) bond motifs is 1. The zero-order valence-electron chi connectivity index (χ0n) is 10.2. The van der Waals surface area contributed by atoms with Crippen LogP contribution in [0.1, 0.15) is 0 Å². The second-order valence-corrected chi connectivity index (χ2v) is 5.18. The largest absolute Gasteiger partial charge is 0.372 e. The van der Waals surface area contributed by atoms with Gasteiger partial charge in [0.05, 0.1) is 39.5 Å².